The van der Waals surface area contributed by atoms with Gasteiger partial charge in [-0.25, -0.2) is 0 Å². The Morgan fingerprint density at radius 2 is 1.96 bits per heavy atom. The average Bonchev–Trinajstić information content (AvgIpc) is 3.22. The number of hydrogen-bond donors (Lipinski definition) is 2. The van der Waals surface area contributed by atoms with E-state index in [1.807, 2.05) is 12.1 Å². The zero-order chi connectivity index (χ0) is 19.9. The number of carbonyl (C=O) groups excluding carboxylic acids is 2. The van der Waals surface area contributed by atoms with Crippen molar-refractivity contribution in [2.75, 3.05) is 18.5 Å². The van der Waals surface area contributed by atoms with Gasteiger partial charge in [-0.2, -0.15) is 0 Å². The minimum Gasteiger partial charge on any atom is -0.481 e. The van der Waals surface area contributed by atoms with Gasteiger partial charge in [-0.15, -0.1) is 0 Å². The molecule has 7 heteroatoms. The van der Waals surface area contributed by atoms with Gasteiger partial charge in [0.15, 0.2) is 6.10 Å². The first-order valence-electron chi connectivity index (χ1n) is 9.25. The maximum absolute atomic E-state index is 12.5. The van der Waals surface area contributed by atoms with E-state index in [2.05, 4.69) is 26.6 Å². The minimum absolute atomic E-state index is 0.0602. The number of hydrogen-bond acceptors (Lipinski definition) is 4. The van der Waals surface area contributed by atoms with Gasteiger partial charge in [-0.05, 0) is 56.2 Å². The van der Waals surface area contributed by atoms with Crippen molar-refractivity contribution in [2.45, 2.75) is 32.0 Å². The molecule has 0 aromatic heterocycles. The fourth-order valence-corrected chi connectivity index (χ4v) is 3.17. The number of nitrogens with one attached hydrogen (secondary N) is 2. The van der Waals surface area contributed by atoms with Gasteiger partial charge in [0.1, 0.15) is 5.75 Å². The fourth-order valence-electron chi connectivity index (χ4n) is 2.90. The standard InChI is InChI=1S/C21H23BrN2O4/c1-14(28-16-10-8-15(22)9-11-16)20(25)24-19-7-3-2-6-18(19)21(26)23-13-17-5-4-12-27-17/h2-3,6-11,14,17H,4-5,12-13H2,1H3,(H,23,26)(H,24,25). The van der Waals surface area contributed by atoms with E-state index < -0.39 is 6.10 Å². The Kier molecular flexibility index (Phi) is 7.06. The summed E-state index contributed by atoms with van der Waals surface area (Å²) < 4.78 is 12.1. The second-order valence-electron chi connectivity index (χ2n) is 6.59. The predicted octanol–water partition coefficient (Wildman–Crippen LogP) is 3.76. The lowest BCUT2D eigenvalue weighted by Crippen LogP contribution is -2.34. The van der Waals surface area contributed by atoms with Crippen molar-refractivity contribution in [3.63, 3.8) is 0 Å². The Hall–Kier alpha value is -2.38. The molecule has 0 aliphatic carbocycles. The van der Waals surface area contributed by atoms with Gasteiger partial charge >= 0.3 is 0 Å². The third-order valence-electron chi connectivity index (χ3n) is 4.44. The van der Waals surface area contributed by atoms with Crippen LogP contribution in [0.1, 0.15) is 30.1 Å². The molecule has 1 heterocycles. The maximum atomic E-state index is 12.5. The smallest absolute Gasteiger partial charge is 0.265 e. The van der Waals surface area contributed by atoms with Crippen molar-refractivity contribution in [3.05, 3.63) is 58.6 Å². The van der Waals surface area contributed by atoms with E-state index in [-0.39, 0.29) is 17.9 Å². The summed E-state index contributed by atoms with van der Waals surface area (Å²) in [6.07, 6.45) is 1.31. The number of rotatable bonds is 7. The van der Waals surface area contributed by atoms with Crippen LogP contribution in [0.3, 0.4) is 0 Å². The molecule has 0 spiro atoms. The first-order valence-corrected chi connectivity index (χ1v) is 10.0. The normalized spacial score (nSPS) is 17.0. The van der Waals surface area contributed by atoms with Crippen molar-refractivity contribution < 1.29 is 19.1 Å². The molecule has 2 N–H and O–H groups in total. The number of anilines is 1. The summed E-state index contributed by atoms with van der Waals surface area (Å²) >= 11 is 3.36. The highest BCUT2D eigenvalue weighted by molar-refractivity contribution is 9.10. The lowest BCUT2D eigenvalue weighted by molar-refractivity contribution is -0.122. The molecule has 0 radical (unpaired) electrons. The Balaban J connectivity index is 1.60. The minimum atomic E-state index is -0.718. The molecular weight excluding hydrogens is 424 g/mol. The van der Waals surface area contributed by atoms with Gasteiger partial charge < -0.3 is 20.1 Å². The Bertz CT molecular complexity index is 819. The molecule has 2 unspecified atom stereocenters. The van der Waals surface area contributed by atoms with Crippen molar-refractivity contribution in [1.29, 1.82) is 0 Å². The molecule has 3 rings (SSSR count). The van der Waals surface area contributed by atoms with Crippen LogP contribution in [-0.2, 0) is 9.53 Å². The monoisotopic (exact) mass is 446 g/mol. The van der Waals surface area contributed by atoms with Crippen LogP contribution in [0.25, 0.3) is 0 Å². The van der Waals surface area contributed by atoms with E-state index in [9.17, 15) is 9.59 Å². The topological polar surface area (TPSA) is 76.7 Å². The Morgan fingerprint density at radius 3 is 2.68 bits per heavy atom. The summed E-state index contributed by atoms with van der Waals surface area (Å²) in [5.41, 5.74) is 0.855. The molecule has 2 aromatic rings. The molecule has 1 aliphatic heterocycles. The Morgan fingerprint density at radius 1 is 1.21 bits per heavy atom. The van der Waals surface area contributed by atoms with Gasteiger partial charge in [0.2, 0.25) is 0 Å². The molecular formula is C21H23BrN2O4. The van der Waals surface area contributed by atoms with Gasteiger partial charge in [-0.3, -0.25) is 9.59 Å². The third kappa shape index (κ3) is 5.56. The molecule has 1 aliphatic rings. The van der Waals surface area contributed by atoms with Crippen molar-refractivity contribution in [3.8, 4) is 5.75 Å². The fraction of sp³-hybridized carbons (Fsp3) is 0.333. The quantitative estimate of drug-likeness (QED) is 0.678. The van der Waals surface area contributed by atoms with E-state index in [4.69, 9.17) is 9.47 Å². The molecule has 2 amide bonds. The first kappa shape index (κ1) is 20.4. The predicted molar refractivity (Wildman–Crippen MR) is 111 cm³/mol. The van der Waals surface area contributed by atoms with Crippen LogP contribution in [0.15, 0.2) is 53.0 Å². The van der Waals surface area contributed by atoms with Crippen LogP contribution in [-0.4, -0.2) is 37.2 Å². The largest absolute Gasteiger partial charge is 0.481 e. The molecule has 1 fully saturated rings. The SMILES string of the molecule is CC(Oc1ccc(Br)cc1)C(=O)Nc1ccccc1C(=O)NCC1CCCO1. The molecule has 148 valence electrons. The maximum Gasteiger partial charge on any atom is 0.265 e. The van der Waals surface area contributed by atoms with E-state index >= 15 is 0 Å². The molecule has 1 saturated heterocycles. The van der Waals surface area contributed by atoms with E-state index in [0.29, 0.717) is 23.5 Å². The summed E-state index contributed by atoms with van der Waals surface area (Å²) in [7, 11) is 0. The van der Waals surface area contributed by atoms with Gasteiger partial charge in [0.05, 0.1) is 17.4 Å². The highest BCUT2D eigenvalue weighted by atomic mass is 79.9. The van der Waals surface area contributed by atoms with Crippen molar-refractivity contribution in [1.82, 2.24) is 5.32 Å². The van der Waals surface area contributed by atoms with E-state index in [1.54, 1.807) is 43.3 Å². The van der Waals surface area contributed by atoms with Crippen LogP contribution in [0.5, 0.6) is 5.75 Å². The Labute approximate surface area is 172 Å². The lowest BCUT2D eigenvalue weighted by Gasteiger charge is -2.17. The number of ether oxygens (including phenoxy) is 2. The van der Waals surface area contributed by atoms with Gasteiger partial charge in [-0.1, -0.05) is 28.1 Å². The summed E-state index contributed by atoms with van der Waals surface area (Å²) in [4.78, 5) is 25.1. The number of amides is 2. The van der Waals surface area contributed by atoms with Crippen molar-refractivity contribution >= 4 is 33.4 Å². The summed E-state index contributed by atoms with van der Waals surface area (Å²) in [5, 5.41) is 5.66. The molecule has 2 atom stereocenters. The summed E-state index contributed by atoms with van der Waals surface area (Å²) in [6, 6.07) is 14.2. The molecule has 0 bridgehead atoms. The van der Waals surface area contributed by atoms with E-state index in [0.717, 1.165) is 23.9 Å². The number of carbonyl (C=O) groups is 2. The van der Waals surface area contributed by atoms with Crippen LogP contribution in [0.4, 0.5) is 5.69 Å². The summed E-state index contributed by atoms with van der Waals surface area (Å²) in [6.45, 7) is 2.87. The second kappa shape index (κ2) is 9.71. The third-order valence-corrected chi connectivity index (χ3v) is 4.97. The van der Waals surface area contributed by atoms with Crippen LogP contribution >= 0.6 is 15.9 Å². The highest BCUT2D eigenvalue weighted by Gasteiger charge is 2.20. The average molecular weight is 447 g/mol. The summed E-state index contributed by atoms with van der Waals surface area (Å²) in [5.74, 6) is 0.0172. The van der Waals surface area contributed by atoms with Crippen molar-refractivity contribution in [2.24, 2.45) is 0 Å². The molecule has 2 aromatic carbocycles. The van der Waals surface area contributed by atoms with Gasteiger partial charge in [0, 0.05) is 17.6 Å². The second-order valence-corrected chi connectivity index (χ2v) is 7.51. The zero-order valence-corrected chi connectivity index (χ0v) is 17.2. The van der Waals surface area contributed by atoms with Gasteiger partial charge in [0.25, 0.3) is 11.8 Å². The van der Waals surface area contributed by atoms with Crippen LogP contribution < -0.4 is 15.4 Å². The number of halogens is 1. The molecule has 0 saturated carbocycles. The molecule has 28 heavy (non-hydrogen) atoms. The van der Waals surface area contributed by atoms with Crippen LogP contribution in [0.2, 0.25) is 0 Å². The molecule has 6 nitrogen and oxygen atoms in total. The van der Waals surface area contributed by atoms with Crippen LogP contribution in [0, 0.1) is 0 Å². The van der Waals surface area contributed by atoms with E-state index in [1.165, 1.54) is 0 Å². The zero-order valence-electron chi connectivity index (χ0n) is 15.6. The highest BCUT2D eigenvalue weighted by Crippen LogP contribution is 2.19. The number of para-hydroxylation sites is 1. The first-order chi connectivity index (χ1) is 13.5. The number of benzene rings is 2. The lowest BCUT2D eigenvalue weighted by atomic mass is 10.1.